The number of hydrogen-bond donors (Lipinski definition) is 1. The average molecular weight is 489 g/mol. The first-order chi connectivity index (χ1) is 16.0. The van der Waals surface area contributed by atoms with Gasteiger partial charge in [0.2, 0.25) is 15.9 Å². The molecule has 3 heterocycles. The van der Waals surface area contributed by atoms with Gasteiger partial charge in [-0.3, -0.25) is 4.79 Å². The highest BCUT2D eigenvalue weighted by molar-refractivity contribution is 7.99. The van der Waals surface area contributed by atoms with Crippen molar-refractivity contribution in [3.63, 3.8) is 0 Å². The zero-order valence-corrected chi connectivity index (χ0v) is 20.0. The summed E-state index contributed by atoms with van der Waals surface area (Å²) in [4.78, 5) is 14.4. The number of carbonyl (C=O) groups excluding carboxylic acids is 1. The van der Waals surface area contributed by atoms with Crippen molar-refractivity contribution >= 4 is 27.7 Å². The van der Waals surface area contributed by atoms with E-state index in [1.54, 1.807) is 18.2 Å². The quantitative estimate of drug-likeness (QED) is 0.708. The lowest BCUT2D eigenvalue weighted by atomic mass is 9.95. The molecule has 0 spiro atoms. The Balaban J connectivity index is 1.22. The summed E-state index contributed by atoms with van der Waals surface area (Å²) >= 11 is 1.82. The van der Waals surface area contributed by atoms with Crippen LogP contribution in [0.25, 0.3) is 0 Å². The van der Waals surface area contributed by atoms with E-state index in [2.05, 4.69) is 17.4 Å². The fraction of sp³-hybridized carbons (Fsp3) is 0.458. The highest BCUT2D eigenvalue weighted by Gasteiger charge is 2.34. The molecule has 2 aromatic carbocycles. The van der Waals surface area contributed by atoms with E-state index in [1.165, 1.54) is 14.8 Å². The van der Waals surface area contributed by atoms with E-state index >= 15 is 0 Å². The van der Waals surface area contributed by atoms with Crippen LogP contribution in [-0.2, 0) is 14.8 Å². The van der Waals surface area contributed by atoms with Crippen LogP contribution >= 0.6 is 11.8 Å². The third kappa shape index (κ3) is 4.72. The number of nitrogens with one attached hydrogen (secondary N) is 1. The van der Waals surface area contributed by atoms with E-state index in [0.29, 0.717) is 50.6 Å². The van der Waals surface area contributed by atoms with Crippen LogP contribution in [0.15, 0.2) is 52.3 Å². The van der Waals surface area contributed by atoms with Gasteiger partial charge in [-0.15, -0.1) is 11.8 Å². The Labute approximate surface area is 198 Å². The van der Waals surface area contributed by atoms with E-state index in [0.717, 1.165) is 18.6 Å². The van der Waals surface area contributed by atoms with E-state index in [4.69, 9.17) is 9.47 Å². The third-order valence-electron chi connectivity index (χ3n) is 6.46. The molecule has 0 saturated carbocycles. The maximum Gasteiger partial charge on any atom is 0.243 e. The molecule has 3 aliphatic heterocycles. The maximum absolute atomic E-state index is 13.2. The number of carbonyl (C=O) groups is 1. The van der Waals surface area contributed by atoms with Gasteiger partial charge < -0.3 is 14.8 Å². The fourth-order valence-electron chi connectivity index (χ4n) is 4.59. The number of fused-ring (bicyclic) bond motifs is 2. The number of piperidine rings is 1. The first-order valence-electron chi connectivity index (χ1n) is 11.4. The van der Waals surface area contributed by atoms with Crippen molar-refractivity contribution in [2.75, 3.05) is 32.1 Å². The number of hydrogen-bond acceptors (Lipinski definition) is 6. The summed E-state index contributed by atoms with van der Waals surface area (Å²) in [7, 11) is -3.66. The van der Waals surface area contributed by atoms with Crippen molar-refractivity contribution in [3.05, 3.63) is 48.0 Å². The second kappa shape index (κ2) is 9.56. The lowest BCUT2D eigenvalue weighted by Crippen LogP contribution is -2.44. The number of sulfonamides is 1. The Kier molecular flexibility index (Phi) is 6.53. The smallest absolute Gasteiger partial charge is 0.243 e. The van der Waals surface area contributed by atoms with Crippen LogP contribution < -0.4 is 14.8 Å². The second-order valence-corrected chi connectivity index (χ2v) is 11.6. The minimum atomic E-state index is -3.66. The molecule has 5 rings (SSSR count). The molecular formula is C24H28N2O5S2. The zero-order valence-electron chi connectivity index (χ0n) is 18.4. The summed E-state index contributed by atoms with van der Waals surface area (Å²) < 4.78 is 39.2. The van der Waals surface area contributed by atoms with Gasteiger partial charge in [-0.25, -0.2) is 8.42 Å². The van der Waals surface area contributed by atoms with Crippen LogP contribution in [0, 0.1) is 5.92 Å². The van der Waals surface area contributed by atoms with Gasteiger partial charge in [-0.1, -0.05) is 18.2 Å². The number of amides is 1. The van der Waals surface area contributed by atoms with Gasteiger partial charge in [-0.2, -0.15) is 4.31 Å². The highest BCUT2D eigenvalue weighted by atomic mass is 32.2. The third-order valence-corrected chi connectivity index (χ3v) is 9.47. The molecule has 176 valence electrons. The van der Waals surface area contributed by atoms with Gasteiger partial charge in [0.05, 0.1) is 24.2 Å². The molecule has 3 aliphatic rings. The van der Waals surface area contributed by atoms with Crippen molar-refractivity contribution in [2.24, 2.45) is 5.92 Å². The van der Waals surface area contributed by atoms with E-state index in [9.17, 15) is 13.2 Å². The average Bonchev–Trinajstić information content (AvgIpc) is 3.09. The molecule has 0 unspecified atom stereocenters. The van der Waals surface area contributed by atoms with Gasteiger partial charge in [0.1, 0.15) is 0 Å². The van der Waals surface area contributed by atoms with E-state index < -0.39 is 10.0 Å². The van der Waals surface area contributed by atoms with Crippen LogP contribution in [0.2, 0.25) is 0 Å². The molecule has 0 bridgehead atoms. The Morgan fingerprint density at radius 2 is 1.76 bits per heavy atom. The largest absolute Gasteiger partial charge is 0.490 e. The minimum Gasteiger partial charge on any atom is -0.490 e. The molecule has 7 nitrogen and oxygen atoms in total. The summed E-state index contributed by atoms with van der Waals surface area (Å²) in [5.41, 5.74) is 1.18. The summed E-state index contributed by atoms with van der Waals surface area (Å²) in [5.74, 6) is 1.86. The first kappa shape index (κ1) is 22.6. The Morgan fingerprint density at radius 3 is 2.58 bits per heavy atom. The summed E-state index contributed by atoms with van der Waals surface area (Å²) in [6.07, 6.45) is 2.69. The SMILES string of the molecule is O=C(N[C@@H]1CCSc2ccccc21)C1CCN(S(=O)(=O)c2ccc3c(c2)OCCCO3)CC1. The Hall–Kier alpha value is -2.23. The molecular weight excluding hydrogens is 460 g/mol. The Morgan fingerprint density at radius 1 is 1.00 bits per heavy atom. The molecule has 1 fully saturated rings. The van der Waals surface area contributed by atoms with Crippen LogP contribution in [0.3, 0.4) is 0 Å². The number of nitrogens with zero attached hydrogens (tertiary/aromatic N) is 1. The first-order valence-corrected chi connectivity index (χ1v) is 13.9. The van der Waals surface area contributed by atoms with Crippen LogP contribution in [0.4, 0.5) is 0 Å². The molecule has 2 aromatic rings. The van der Waals surface area contributed by atoms with Crippen LogP contribution in [-0.4, -0.2) is 50.7 Å². The summed E-state index contributed by atoms with van der Waals surface area (Å²) in [6.45, 7) is 1.71. The van der Waals surface area contributed by atoms with E-state index in [-0.39, 0.29) is 22.8 Å². The molecule has 9 heteroatoms. The molecule has 1 saturated heterocycles. The maximum atomic E-state index is 13.2. The lowest BCUT2D eigenvalue weighted by Gasteiger charge is -2.32. The zero-order chi connectivity index (χ0) is 22.8. The molecule has 1 amide bonds. The minimum absolute atomic E-state index is 0.0225. The summed E-state index contributed by atoms with van der Waals surface area (Å²) in [6, 6.07) is 13.0. The normalized spacial score (nSPS) is 21.6. The van der Waals surface area contributed by atoms with Crippen molar-refractivity contribution < 1.29 is 22.7 Å². The van der Waals surface area contributed by atoms with Crippen LogP contribution in [0.5, 0.6) is 11.5 Å². The standard InChI is InChI=1S/C24H28N2O5S2/c27-24(25-20-10-15-32-23-5-2-1-4-19(20)23)17-8-11-26(12-9-17)33(28,29)18-6-7-21-22(16-18)31-14-3-13-30-21/h1-2,4-7,16-17,20H,3,8-15H2,(H,25,27)/t20-/m1/s1. The van der Waals surface area contributed by atoms with Gasteiger partial charge in [0.15, 0.2) is 11.5 Å². The molecule has 1 N–H and O–H groups in total. The number of ether oxygens (including phenoxy) is 2. The van der Waals surface area contributed by atoms with Gasteiger partial charge in [-0.05, 0) is 43.0 Å². The number of thioether (sulfide) groups is 1. The Bertz CT molecular complexity index is 1130. The van der Waals surface area contributed by atoms with Crippen molar-refractivity contribution in [3.8, 4) is 11.5 Å². The van der Waals surface area contributed by atoms with Crippen molar-refractivity contribution in [1.82, 2.24) is 9.62 Å². The lowest BCUT2D eigenvalue weighted by molar-refractivity contribution is -0.126. The number of benzene rings is 2. The molecule has 33 heavy (non-hydrogen) atoms. The van der Waals surface area contributed by atoms with Gasteiger partial charge in [0.25, 0.3) is 0 Å². The highest BCUT2D eigenvalue weighted by Crippen LogP contribution is 2.37. The van der Waals surface area contributed by atoms with Crippen molar-refractivity contribution in [2.45, 2.75) is 41.5 Å². The van der Waals surface area contributed by atoms with Crippen molar-refractivity contribution in [1.29, 1.82) is 0 Å². The summed E-state index contributed by atoms with van der Waals surface area (Å²) in [5, 5.41) is 3.22. The molecule has 0 radical (unpaired) electrons. The predicted molar refractivity (Wildman–Crippen MR) is 126 cm³/mol. The van der Waals surface area contributed by atoms with Gasteiger partial charge >= 0.3 is 0 Å². The molecule has 0 aromatic heterocycles. The number of rotatable bonds is 4. The molecule has 0 aliphatic carbocycles. The second-order valence-electron chi connectivity index (χ2n) is 8.57. The van der Waals surface area contributed by atoms with E-state index in [1.807, 2.05) is 23.9 Å². The predicted octanol–water partition coefficient (Wildman–Crippen LogP) is 3.60. The monoisotopic (exact) mass is 488 g/mol. The van der Waals surface area contributed by atoms with Gasteiger partial charge in [0, 0.05) is 42.1 Å². The van der Waals surface area contributed by atoms with Crippen LogP contribution in [0.1, 0.15) is 37.3 Å². The fourth-order valence-corrected chi connectivity index (χ4v) is 7.20. The molecule has 1 atom stereocenters. The topological polar surface area (TPSA) is 84.9 Å².